The normalized spacial score (nSPS) is 10.6. The van der Waals surface area contributed by atoms with Crippen molar-refractivity contribution in [3.63, 3.8) is 0 Å². The summed E-state index contributed by atoms with van der Waals surface area (Å²) in [7, 11) is 40.5. The van der Waals surface area contributed by atoms with E-state index in [1.165, 1.54) is 55.2 Å². The lowest BCUT2D eigenvalue weighted by Gasteiger charge is -2.21. The zero-order valence-electron chi connectivity index (χ0n) is 70.8. The number of carbonyl (C=O) groups is 1. The van der Waals surface area contributed by atoms with Gasteiger partial charge in [-0.2, -0.15) is 0 Å². The molecule has 25 heteroatoms. The molecule has 0 N–H and O–H groups in total. The SMILES string of the molecule is CC.CC.CC.O=C(c1ccc(-c2ccc(-c3ccc(P)cc3)cc2)cc1)N(CCP)CCP.O=c1oc2c(CP)cc(CP)cc2cc1-c1ccc(CP)cc1.O=c1oc2c(CP)cc(CP)cc2cc1-c1ccc(P)cc1.O=c1oc2c(CP)cc(CP)cc2cc1-c1ccc2cc(CP)ccc2c1.O=c1oc2c(CP)cc(CP)cc2cc1CP. The van der Waals surface area contributed by atoms with Crippen LogP contribution in [0.1, 0.15) is 113 Å². The smallest absolute Gasteiger partial charge is 0.344 e. The zero-order valence-corrected chi connectivity index (χ0v) is 88.1. The minimum atomic E-state index is -0.290. The van der Waals surface area contributed by atoms with Crippen molar-refractivity contribution in [3.05, 3.63) is 339 Å². The minimum absolute atomic E-state index is 0.101. The number of nitrogens with zero attached hydrogens (tertiary/aromatic N) is 1. The van der Waals surface area contributed by atoms with E-state index in [2.05, 4.69) is 266 Å². The van der Waals surface area contributed by atoms with Crippen LogP contribution >= 0.6 is 139 Å². The lowest BCUT2D eigenvalue weighted by molar-refractivity contribution is 0.0775. The summed E-state index contributed by atoms with van der Waals surface area (Å²) in [6.07, 6.45) is 10.8. The Labute approximate surface area is 760 Å². The Morgan fingerprint density at radius 1 is 0.252 bits per heavy atom. The van der Waals surface area contributed by atoms with Gasteiger partial charge in [-0.3, -0.25) is 4.79 Å². The molecule has 0 aliphatic heterocycles. The number of amides is 1. The first-order valence-corrected chi connectivity index (χ1v) is 52.8. The number of benzene rings is 11. The largest absolute Gasteiger partial charge is 0.422 e. The van der Waals surface area contributed by atoms with Crippen LogP contribution in [0.4, 0.5) is 0 Å². The average molecular weight is 1920 g/mol. The molecule has 4 heterocycles. The van der Waals surface area contributed by atoms with Crippen LogP contribution in [0, 0.1) is 0 Å². The van der Waals surface area contributed by atoms with E-state index >= 15 is 0 Å². The number of hydrogen-bond acceptors (Lipinski definition) is 9. The molecule has 0 saturated heterocycles. The van der Waals surface area contributed by atoms with E-state index in [0.29, 0.717) is 45.2 Å². The first-order valence-electron chi connectivity index (χ1n) is 41.0. The number of rotatable bonds is 21. The third-order valence-corrected chi connectivity index (χ3v) is 26.2. The van der Waals surface area contributed by atoms with Gasteiger partial charge in [0.15, 0.2) is 0 Å². The van der Waals surface area contributed by atoms with Crippen molar-refractivity contribution in [3.8, 4) is 55.6 Å². The Morgan fingerprint density at radius 2 is 0.520 bits per heavy atom. The molecule has 1 amide bonds. The monoisotopic (exact) mass is 1920 g/mol. The van der Waals surface area contributed by atoms with Gasteiger partial charge in [-0.05, 0) is 263 Å². The van der Waals surface area contributed by atoms with E-state index in [-0.39, 0.29) is 28.4 Å². The van der Waals surface area contributed by atoms with Gasteiger partial charge in [0.1, 0.15) is 22.3 Å². The van der Waals surface area contributed by atoms with Gasteiger partial charge in [0.25, 0.3) is 5.91 Å². The fourth-order valence-corrected chi connectivity index (χ4v) is 17.6. The molecule has 15 aromatic rings. The van der Waals surface area contributed by atoms with Crippen molar-refractivity contribution in [2.24, 2.45) is 0 Å². The van der Waals surface area contributed by atoms with Gasteiger partial charge in [0, 0.05) is 45.8 Å². The van der Waals surface area contributed by atoms with Gasteiger partial charge in [-0.15, -0.1) is 139 Å². The molecule has 15 unspecified atom stereocenters. The van der Waals surface area contributed by atoms with Crippen molar-refractivity contribution in [1.82, 2.24) is 4.90 Å². The van der Waals surface area contributed by atoms with Crippen LogP contribution in [0.2, 0.25) is 0 Å². The van der Waals surface area contributed by atoms with Crippen molar-refractivity contribution in [1.29, 1.82) is 0 Å². The quantitative estimate of drug-likeness (QED) is 0.0508. The fraction of sp³-hybridized carbons (Fsp3) is 0.214. The summed E-state index contributed by atoms with van der Waals surface area (Å²) in [5.74, 6) is 0.101. The molecule has 0 bridgehead atoms. The highest BCUT2D eigenvalue weighted by Gasteiger charge is 2.19. The van der Waals surface area contributed by atoms with E-state index < -0.39 is 0 Å². The van der Waals surface area contributed by atoms with E-state index in [9.17, 15) is 24.0 Å². The molecule has 0 fully saturated rings. The lowest BCUT2D eigenvalue weighted by atomic mass is 9.99. The average Bonchev–Trinajstić information content (AvgIpc) is 0.796. The molecule has 11 aromatic carbocycles. The van der Waals surface area contributed by atoms with Crippen LogP contribution < -0.4 is 33.1 Å². The Hall–Kier alpha value is -5.56. The van der Waals surface area contributed by atoms with Crippen LogP contribution in [0.25, 0.3) is 110 Å². The maximum atomic E-state index is 12.7. The second-order valence-electron chi connectivity index (χ2n) is 27.7. The summed E-state index contributed by atoms with van der Waals surface area (Å²) in [4.78, 5) is 63.8. The molecule has 123 heavy (non-hydrogen) atoms. The summed E-state index contributed by atoms with van der Waals surface area (Å²) in [5.41, 5.74) is 23.9. The predicted octanol–water partition coefficient (Wildman–Crippen LogP) is 24.7. The molecule has 642 valence electrons. The fourth-order valence-electron chi connectivity index (χ4n) is 13.6. The molecule has 10 nitrogen and oxygen atoms in total. The van der Waals surface area contributed by atoms with E-state index in [1.807, 2.05) is 150 Å². The van der Waals surface area contributed by atoms with Crippen molar-refractivity contribution >= 4 is 210 Å². The van der Waals surface area contributed by atoms with Crippen LogP contribution in [-0.4, -0.2) is 36.2 Å². The van der Waals surface area contributed by atoms with Gasteiger partial charge in [-0.1, -0.05) is 205 Å². The Morgan fingerprint density at radius 3 is 0.862 bits per heavy atom. The van der Waals surface area contributed by atoms with Gasteiger partial charge in [0.2, 0.25) is 0 Å². The highest BCUT2D eigenvalue weighted by Crippen LogP contribution is 2.34. The molecule has 15 atom stereocenters. The number of carbonyl (C=O) groups excluding carboxylic acids is 1. The first-order chi connectivity index (χ1) is 59.7. The molecular formula is C98H116NO9P15. The summed E-state index contributed by atoms with van der Waals surface area (Å²) in [6.45, 7) is 13.5. The highest BCUT2D eigenvalue weighted by atomic mass is 31.0. The summed E-state index contributed by atoms with van der Waals surface area (Å²) in [5, 5.41) is 8.51. The highest BCUT2D eigenvalue weighted by molar-refractivity contribution is 7.27. The molecule has 15 rings (SSSR count). The van der Waals surface area contributed by atoms with Crippen LogP contribution in [0.3, 0.4) is 0 Å². The molecule has 0 spiro atoms. The molecule has 0 radical (unpaired) electrons. The second-order valence-corrected chi connectivity index (χ2v) is 34.7. The van der Waals surface area contributed by atoms with Crippen molar-refractivity contribution < 1.29 is 22.5 Å². The van der Waals surface area contributed by atoms with Gasteiger partial charge >= 0.3 is 22.5 Å². The maximum Gasteiger partial charge on any atom is 0.344 e. The molecular weight excluding hydrogens is 1800 g/mol. The van der Waals surface area contributed by atoms with Gasteiger partial charge < -0.3 is 22.6 Å². The molecule has 4 aromatic heterocycles. The maximum absolute atomic E-state index is 12.7. The summed E-state index contributed by atoms with van der Waals surface area (Å²) >= 11 is 0. The molecule has 0 aliphatic rings. The summed E-state index contributed by atoms with van der Waals surface area (Å²) in [6, 6.07) is 77.9. The minimum Gasteiger partial charge on any atom is -0.422 e. The number of hydrogen-bond donors (Lipinski definition) is 0. The van der Waals surface area contributed by atoms with E-state index in [0.717, 1.165) is 180 Å². The first kappa shape index (κ1) is 103. The molecule has 0 saturated carbocycles. The topological polar surface area (TPSA) is 141 Å². The second kappa shape index (κ2) is 52.8. The standard InChI is InChI=1S/C23H26NOP3.C22H21O2P3.C18H19O2P3.C17H17O2P3.C12H15O2P3.3C2H6/c25-23(24(13-15-26)14-16-27)21-7-5-19(6-8-21)17-1-3-18(4-2-17)20-9-11-22(28)12-10-20;23-22-20(9-18-6-14(11-26)7-19(12-27)21(18)24-22)17-4-3-15-5-13(10-25)1-2-16(15)8-17;19-18-16(13-3-1-11(8-21)2-4-13)7-14-5-12(9-22)6-15(10-23)17(14)20-18;18-17-15(11-1-3-14(22)4-2-11)7-12-5-10(8-20)6-13(9-21)16(12)19-17;13-12-10(6-17)3-8-1-7(4-15)2-9(5-16)11(8)14-12;3*1-2/h1-12H,13-16,26-28H2;1-9H,10-12,25-27H2;1-7H,8-10,21-23H2;1-7H,8-9,20-22H2;1-3H,4-6,15-17H2;3*1-2H3. The van der Waals surface area contributed by atoms with Crippen LogP contribution in [0.15, 0.2) is 267 Å². The number of fused-ring (bicyclic) bond motifs is 5. The Kier molecular flexibility index (Phi) is 44.1. The summed E-state index contributed by atoms with van der Waals surface area (Å²) < 4.78 is 22.4. The van der Waals surface area contributed by atoms with Gasteiger partial charge in [0.05, 0.1) is 16.7 Å². The van der Waals surface area contributed by atoms with Crippen molar-refractivity contribution in [2.75, 3.05) is 25.4 Å². The van der Waals surface area contributed by atoms with E-state index in [4.69, 9.17) is 17.7 Å². The predicted molar refractivity (Wildman–Crippen MR) is 586 cm³/mol. The zero-order chi connectivity index (χ0) is 89.4. The van der Waals surface area contributed by atoms with Crippen LogP contribution in [0.5, 0.6) is 0 Å². The Bertz CT molecular complexity index is 6250. The Balaban J connectivity index is 0.000000189. The van der Waals surface area contributed by atoms with E-state index in [1.54, 1.807) is 0 Å². The third kappa shape index (κ3) is 27.7. The van der Waals surface area contributed by atoms with Crippen molar-refractivity contribution in [2.45, 2.75) is 109 Å². The van der Waals surface area contributed by atoms with Crippen LogP contribution in [-0.2, 0) is 67.8 Å². The van der Waals surface area contributed by atoms with Gasteiger partial charge in [-0.25, -0.2) is 19.2 Å². The molecule has 0 aliphatic carbocycles. The lowest BCUT2D eigenvalue weighted by Crippen LogP contribution is -2.34. The third-order valence-electron chi connectivity index (χ3n) is 19.8.